The molecule has 1 fully saturated rings. The zero-order valence-electron chi connectivity index (χ0n) is 11.7. The van der Waals surface area contributed by atoms with E-state index in [4.69, 9.17) is 4.74 Å². The van der Waals surface area contributed by atoms with Crippen molar-refractivity contribution in [2.24, 2.45) is 5.41 Å². The second-order valence-electron chi connectivity index (χ2n) is 5.00. The molecule has 0 aromatic carbocycles. The zero-order valence-corrected chi connectivity index (χ0v) is 12.5. The van der Waals surface area contributed by atoms with E-state index in [-0.39, 0.29) is 18.0 Å². The van der Waals surface area contributed by atoms with Gasteiger partial charge in [-0.1, -0.05) is 6.07 Å². The summed E-state index contributed by atoms with van der Waals surface area (Å²) in [6.45, 7) is 1.60. The fourth-order valence-corrected chi connectivity index (χ4v) is 2.78. The molecule has 2 atom stereocenters. The Kier molecular flexibility index (Phi) is 4.62. The minimum Gasteiger partial charge on any atom is -0.469 e. The zero-order chi connectivity index (χ0) is 15.5. The van der Waals surface area contributed by atoms with Crippen LogP contribution < -0.4 is 0 Å². The Hall–Kier alpha value is -1.89. The third kappa shape index (κ3) is 3.60. The molecule has 0 unspecified atom stereocenters. The monoisotopic (exact) mass is 309 g/mol. The van der Waals surface area contributed by atoms with E-state index in [1.165, 1.54) is 7.11 Å². The first-order valence-electron chi connectivity index (χ1n) is 6.35. The van der Waals surface area contributed by atoms with E-state index in [1.54, 1.807) is 31.3 Å². The molecule has 1 aromatic rings. The van der Waals surface area contributed by atoms with Crippen molar-refractivity contribution in [3.8, 4) is 0 Å². The number of hydrogen-bond donors (Lipinski definition) is 0. The van der Waals surface area contributed by atoms with E-state index < -0.39 is 23.5 Å². The number of aromatic nitrogens is 1. The number of thioether (sulfide) groups is 1. The maximum Gasteiger partial charge on any atom is 0.313 e. The summed E-state index contributed by atoms with van der Waals surface area (Å²) in [5, 5.41) is 0.246. The molecule has 1 aliphatic rings. The molecule has 0 saturated carbocycles. The molecule has 1 aliphatic heterocycles. The van der Waals surface area contributed by atoms with Crippen molar-refractivity contribution in [3.05, 3.63) is 24.4 Å². The van der Waals surface area contributed by atoms with Gasteiger partial charge >= 0.3 is 11.9 Å². The standard InChI is InChI=1S/C14H15NO5S/c1-14(8-11(16)19-2)7-9(20-13(14)18)12(17)21-10-5-3-4-6-15-10/h3-6,9H,7-8H2,1-2H3/t9-,14+/m0/s1. The highest BCUT2D eigenvalue weighted by molar-refractivity contribution is 8.13. The summed E-state index contributed by atoms with van der Waals surface area (Å²) in [7, 11) is 1.26. The van der Waals surface area contributed by atoms with Gasteiger partial charge in [0.05, 0.1) is 18.9 Å². The van der Waals surface area contributed by atoms with Crippen LogP contribution in [0.3, 0.4) is 0 Å². The maximum atomic E-state index is 12.1. The number of rotatable bonds is 4. The molecule has 0 amide bonds. The number of ether oxygens (including phenoxy) is 2. The van der Waals surface area contributed by atoms with E-state index in [2.05, 4.69) is 9.72 Å². The van der Waals surface area contributed by atoms with Crippen molar-refractivity contribution in [1.82, 2.24) is 4.98 Å². The fourth-order valence-electron chi connectivity index (χ4n) is 2.05. The molecule has 1 saturated heterocycles. The number of carbonyl (C=O) groups is 3. The van der Waals surface area contributed by atoms with E-state index >= 15 is 0 Å². The van der Waals surface area contributed by atoms with Crippen LogP contribution in [0.25, 0.3) is 0 Å². The highest BCUT2D eigenvalue weighted by Gasteiger charge is 2.49. The lowest BCUT2D eigenvalue weighted by Crippen LogP contribution is -2.26. The van der Waals surface area contributed by atoms with Gasteiger partial charge in [-0.05, 0) is 30.8 Å². The van der Waals surface area contributed by atoms with Crippen molar-refractivity contribution in [2.45, 2.75) is 30.9 Å². The molecule has 2 heterocycles. The molecular formula is C14H15NO5S. The van der Waals surface area contributed by atoms with Crippen molar-refractivity contribution in [3.63, 3.8) is 0 Å². The Labute approximate surface area is 126 Å². The first-order chi connectivity index (χ1) is 9.94. The van der Waals surface area contributed by atoms with Crippen LogP contribution in [0.2, 0.25) is 0 Å². The Balaban J connectivity index is 2.01. The van der Waals surface area contributed by atoms with Gasteiger partial charge in [0.2, 0.25) is 5.12 Å². The topological polar surface area (TPSA) is 82.6 Å². The normalized spacial score (nSPS) is 24.5. The minimum atomic E-state index is -1.02. The van der Waals surface area contributed by atoms with Crippen LogP contribution in [0, 0.1) is 5.41 Å². The molecule has 1 aromatic heterocycles. The lowest BCUT2D eigenvalue weighted by molar-refractivity contribution is -0.155. The maximum absolute atomic E-state index is 12.1. The summed E-state index contributed by atoms with van der Waals surface area (Å²) in [6.07, 6.45) is 0.789. The molecule has 6 nitrogen and oxygen atoms in total. The summed E-state index contributed by atoms with van der Waals surface area (Å²) in [4.78, 5) is 39.4. The SMILES string of the molecule is COC(=O)C[C@@]1(C)C[C@@H](C(=O)Sc2ccccn2)OC1=O. The van der Waals surface area contributed by atoms with Gasteiger partial charge in [0.15, 0.2) is 6.10 Å². The van der Waals surface area contributed by atoms with Crippen molar-refractivity contribution >= 4 is 28.8 Å². The van der Waals surface area contributed by atoms with Gasteiger partial charge in [0, 0.05) is 12.6 Å². The van der Waals surface area contributed by atoms with Gasteiger partial charge in [0.25, 0.3) is 0 Å². The molecule has 21 heavy (non-hydrogen) atoms. The number of nitrogens with zero attached hydrogens (tertiary/aromatic N) is 1. The molecule has 0 radical (unpaired) electrons. The first kappa shape index (κ1) is 15.5. The summed E-state index contributed by atoms with van der Waals surface area (Å²) < 4.78 is 9.68. The number of cyclic esters (lactones) is 1. The van der Waals surface area contributed by atoms with Gasteiger partial charge in [-0.2, -0.15) is 0 Å². The van der Waals surface area contributed by atoms with E-state index in [1.807, 2.05) is 0 Å². The lowest BCUT2D eigenvalue weighted by atomic mass is 9.84. The fraction of sp³-hybridized carbons (Fsp3) is 0.429. The Morgan fingerprint density at radius 3 is 2.90 bits per heavy atom. The quantitative estimate of drug-likeness (QED) is 0.617. The van der Waals surface area contributed by atoms with Crippen LogP contribution in [0.1, 0.15) is 19.8 Å². The largest absolute Gasteiger partial charge is 0.469 e. The molecule has 0 N–H and O–H groups in total. The number of pyridine rings is 1. The average molecular weight is 309 g/mol. The summed E-state index contributed by atoms with van der Waals surface area (Å²) >= 11 is 0.925. The van der Waals surface area contributed by atoms with Gasteiger partial charge in [-0.3, -0.25) is 14.4 Å². The Morgan fingerprint density at radius 2 is 2.29 bits per heavy atom. The third-order valence-corrected chi connectivity index (χ3v) is 4.16. The van der Waals surface area contributed by atoms with Crippen LogP contribution in [-0.2, 0) is 23.9 Å². The second kappa shape index (κ2) is 6.26. The van der Waals surface area contributed by atoms with E-state index in [9.17, 15) is 14.4 Å². The van der Waals surface area contributed by atoms with Gasteiger partial charge in [-0.25, -0.2) is 4.98 Å². The van der Waals surface area contributed by atoms with Crippen LogP contribution >= 0.6 is 11.8 Å². The van der Waals surface area contributed by atoms with E-state index in [0.29, 0.717) is 5.03 Å². The third-order valence-electron chi connectivity index (χ3n) is 3.25. The van der Waals surface area contributed by atoms with Crippen LogP contribution in [0.15, 0.2) is 29.4 Å². The summed E-state index contributed by atoms with van der Waals surface area (Å²) in [5.41, 5.74) is -1.02. The number of carbonyl (C=O) groups excluding carboxylic acids is 3. The smallest absolute Gasteiger partial charge is 0.313 e. The lowest BCUT2D eigenvalue weighted by Gasteiger charge is -2.16. The van der Waals surface area contributed by atoms with Gasteiger partial charge in [0.1, 0.15) is 5.03 Å². The van der Waals surface area contributed by atoms with Crippen LogP contribution in [0.4, 0.5) is 0 Å². The number of methoxy groups -OCH3 is 1. The van der Waals surface area contributed by atoms with Gasteiger partial charge < -0.3 is 9.47 Å². The molecule has 0 aliphatic carbocycles. The highest BCUT2D eigenvalue weighted by Crippen LogP contribution is 2.39. The molecule has 0 spiro atoms. The first-order valence-corrected chi connectivity index (χ1v) is 7.17. The Morgan fingerprint density at radius 1 is 1.52 bits per heavy atom. The minimum absolute atomic E-state index is 0.0969. The summed E-state index contributed by atoms with van der Waals surface area (Å²) in [5.74, 6) is -1.05. The highest BCUT2D eigenvalue weighted by atomic mass is 32.2. The number of esters is 2. The second-order valence-corrected chi connectivity index (χ2v) is 6.03. The summed E-state index contributed by atoms with van der Waals surface area (Å²) in [6, 6.07) is 5.22. The number of hydrogen-bond acceptors (Lipinski definition) is 7. The molecule has 7 heteroatoms. The van der Waals surface area contributed by atoms with Gasteiger partial charge in [-0.15, -0.1) is 0 Å². The van der Waals surface area contributed by atoms with E-state index in [0.717, 1.165) is 11.8 Å². The van der Waals surface area contributed by atoms with Crippen molar-refractivity contribution < 1.29 is 23.9 Å². The molecule has 112 valence electrons. The Bertz CT molecular complexity index is 562. The van der Waals surface area contributed by atoms with Crippen LogP contribution in [0.5, 0.6) is 0 Å². The predicted molar refractivity (Wildman–Crippen MR) is 74.3 cm³/mol. The molecule has 2 rings (SSSR count). The van der Waals surface area contributed by atoms with Crippen LogP contribution in [-0.4, -0.2) is 35.3 Å². The predicted octanol–water partition coefficient (Wildman–Crippen LogP) is 1.59. The van der Waals surface area contributed by atoms with Crippen molar-refractivity contribution in [1.29, 1.82) is 0 Å². The molecule has 0 bridgehead atoms. The molecular weight excluding hydrogens is 294 g/mol. The van der Waals surface area contributed by atoms with Crippen molar-refractivity contribution in [2.75, 3.05) is 7.11 Å². The average Bonchev–Trinajstić information content (AvgIpc) is 2.75.